The van der Waals surface area contributed by atoms with Crippen LogP contribution >= 0.6 is 15.9 Å². The fraction of sp³-hybridized carbons (Fsp3) is 0.294. The van der Waals surface area contributed by atoms with Crippen LogP contribution in [0.2, 0.25) is 0 Å². The molecule has 0 fully saturated rings. The molecule has 0 radical (unpaired) electrons. The van der Waals surface area contributed by atoms with Crippen LogP contribution in [-0.4, -0.2) is 13.7 Å². The topological polar surface area (TPSA) is 21.3 Å². The summed E-state index contributed by atoms with van der Waals surface area (Å²) in [5, 5.41) is 3.39. The summed E-state index contributed by atoms with van der Waals surface area (Å²) in [5.41, 5.74) is 3.80. The molecule has 0 aromatic heterocycles. The van der Waals surface area contributed by atoms with Gasteiger partial charge in [0.25, 0.3) is 0 Å². The SMILES string of the molecule is CCOc1ccc(C(NC)c2ccc(Br)cc2C)cc1. The molecule has 0 saturated carbocycles. The number of ether oxygens (including phenoxy) is 1. The van der Waals surface area contributed by atoms with Crippen molar-refractivity contribution in [3.63, 3.8) is 0 Å². The van der Waals surface area contributed by atoms with E-state index in [1.807, 2.05) is 26.1 Å². The molecule has 0 saturated heterocycles. The van der Waals surface area contributed by atoms with Crippen molar-refractivity contribution in [1.82, 2.24) is 5.32 Å². The second-order valence-electron chi connectivity index (χ2n) is 4.72. The Morgan fingerprint density at radius 2 is 1.85 bits per heavy atom. The van der Waals surface area contributed by atoms with Crippen molar-refractivity contribution in [3.05, 3.63) is 63.6 Å². The van der Waals surface area contributed by atoms with Crippen LogP contribution < -0.4 is 10.1 Å². The summed E-state index contributed by atoms with van der Waals surface area (Å²) in [7, 11) is 1.99. The Morgan fingerprint density at radius 1 is 1.15 bits per heavy atom. The number of aryl methyl sites for hydroxylation is 1. The van der Waals surface area contributed by atoms with Gasteiger partial charge in [0.15, 0.2) is 0 Å². The van der Waals surface area contributed by atoms with Gasteiger partial charge in [-0.1, -0.05) is 34.1 Å². The predicted molar refractivity (Wildman–Crippen MR) is 87.4 cm³/mol. The molecule has 3 heteroatoms. The third kappa shape index (κ3) is 3.41. The highest BCUT2D eigenvalue weighted by Crippen LogP contribution is 2.28. The van der Waals surface area contributed by atoms with E-state index in [-0.39, 0.29) is 6.04 Å². The molecule has 0 spiro atoms. The Bertz CT molecular complexity index is 566. The van der Waals surface area contributed by atoms with Gasteiger partial charge in [0.05, 0.1) is 12.6 Å². The van der Waals surface area contributed by atoms with E-state index < -0.39 is 0 Å². The Balaban J connectivity index is 2.31. The average Bonchev–Trinajstić information content (AvgIpc) is 2.44. The maximum absolute atomic E-state index is 5.49. The lowest BCUT2D eigenvalue weighted by Crippen LogP contribution is -2.18. The lowest BCUT2D eigenvalue weighted by atomic mass is 9.95. The standard InChI is InChI=1S/C17H20BrNO/c1-4-20-15-8-5-13(6-9-15)17(19-3)16-10-7-14(18)11-12(16)2/h5-11,17,19H,4H2,1-3H3. The zero-order valence-corrected chi connectivity index (χ0v) is 13.7. The smallest absolute Gasteiger partial charge is 0.119 e. The van der Waals surface area contributed by atoms with Crippen molar-refractivity contribution in [2.45, 2.75) is 19.9 Å². The first kappa shape index (κ1) is 15.1. The summed E-state index contributed by atoms with van der Waals surface area (Å²) in [5.74, 6) is 0.915. The van der Waals surface area contributed by atoms with Gasteiger partial charge in [0.2, 0.25) is 0 Å². The van der Waals surface area contributed by atoms with Crippen LogP contribution in [0.25, 0.3) is 0 Å². The van der Waals surface area contributed by atoms with Crippen LogP contribution in [0.4, 0.5) is 0 Å². The van der Waals surface area contributed by atoms with Gasteiger partial charge in [-0.2, -0.15) is 0 Å². The molecule has 0 heterocycles. The van der Waals surface area contributed by atoms with Crippen LogP contribution in [0.15, 0.2) is 46.9 Å². The first-order valence-corrected chi connectivity index (χ1v) is 7.61. The van der Waals surface area contributed by atoms with Gasteiger partial charge < -0.3 is 10.1 Å². The van der Waals surface area contributed by atoms with Crippen molar-refractivity contribution >= 4 is 15.9 Å². The number of nitrogens with one attached hydrogen (secondary N) is 1. The van der Waals surface area contributed by atoms with E-state index in [1.165, 1.54) is 16.7 Å². The molecule has 2 aromatic rings. The molecule has 0 bridgehead atoms. The molecule has 0 amide bonds. The van der Waals surface area contributed by atoms with Gasteiger partial charge >= 0.3 is 0 Å². The molecule has 2 nitrogen and oxygen atoms in total. The average molecular weight is 334 g/mol. The number of benzene rings is 2. The first-order valence-electron chi connectivity index (χ1n) is 6.81. The summed E-state index contributed by atoms with van der Waals surface area (Å²) in [6.07, 6.45) is 0. The summed E-state index contributed by atoms with van der Waals surface area (Å²) >= 11 is 3.51. The highest BCUT2D eigenvalue weighted by molar-refractivity contribution is 9.10. The maximum atomic E-state index is 5.49. The van der Waals surface area contributed by atoms with Crippen molar-refractivity contribution < 1.29 is 4.74 Å². The molecule has 0 aliphatic rings. The van der Waals surface area contributed by atoms with Gasteiger partial charge in [0.1, 0.15) is 5.75 Å². The normalized spacial score (nSPS) is 12.2. The Morgan fingerprint density at radius 3 is 2.40 bits per heavy atom. The molecule has 0 aliphatic carbocycles. The largest absolute Gasteiger partial charge is 0.494 e. The van der Waals surface area contributed by atoms with E-state index >= 15 is 0 Å². The fourth-order valence-corrected chi connectivity index (χ4v) is 2.86. The summed E-state index contributed by atoms with van der Waals surface area (Å²) in [4.78, 5) is 0. The van der Waals surface area contributed by atoms with Gasteiger partial charge in [-0.3, -0.25) is 0 Å². The molecule has 0 aliphatic heterocycles. The third-order valence-electron chi connectivity index (χ3n) is 3.36. The molecule has 1 atom stereocenters. The number of halogens is 1. The predicted octanol–water partition coefficient (Wildman–Crippen LogP) is 4.47. The van der Waals surface area contributed by atoms with E-state index in [0.29, 0.717) is 6.61 Å². The second-order valence-corrected chi connectivity index (χ2v) is 5.64. The van der Waals surface area contributed by atoms with Crippen LogP contribution in [0.5, 0.6) is 5.75 Å². The lowest BCUT2D eigenvalue weighted by Gasteiger charge is -2.20. The van der Waals surface area contributed by atoms with E-state index in [9.17, 15) is 0 Å². The minimum absolute atomic E-state index is 0.193. The highest BCUT2D eigenvalue weighted by Gasteiger charge is 2.14. The summed E-state index contributed by atoms with van der Waals surface area (Å²) < 4.78 is 6.60. The van der Waals surface area contributed by atoms with Crippen LogP contribution in [0.3, 0.4) is 0 Å². The molecule has 2 rings (SSSR count). The number of hydrogen-bond donors (Lipinski definition) is 1. The van der Waals surface area contributed by atoms with Crippen molar-refractivity contribution in [1.29, 1.82) is 0 Å². The van der Waals surface area contributed by atoms with Gasteiger partial charge in [0, 0.05) is 4.47 Å². The molecule has 1 N–H and O–H groups in total. The number of hydrogen-bond acceptors (Lipinski definition) is 2. The quantitative estimate of drug-likeness (QED) is 0.871. The van der Waals surface area contributed by atoms with Crippen molar-refractivity contribution in [3.8, 4) is 5.75 Å². The van der Waals surface area contributed by atoms with E-state index in [4.69, 9.17) is 4.74 Å². The lowest BCUT2D eigenvalue weighted by molar-refractivity contribution is 0.340. The molecular weight excluding hydrogens is 314 g/mol. The first-order chi connectivity index (χ1) is 9.65. The van der Waals surface area contributed by atoms with Crippen molar-refractivity contribution in [2.75, 3.05) is 13.7 Å². The second kappa shape index (κ2) is 6.91. The van der Waals surface area contributed by atoms with E-state index in [1.54, 1.807) is 0 Å². The molecule has 1 unspecified atom stereocenters. The highest BCUT2D eigenvalue weighted by atomic mass is 79.9. The minimum Gasteiger partial charge on any atom is -0.494 e. The Hall–Kier alpha value is -1.32. The zero-order chi connectivity index (χ0) is 14.5. The Labute approximate surface area is 129 Å². The summed E-state index contributed by atoms with van der Waals surface area (Å²) in [6.45, 7) is 4.83. The van der Waals surface area contributed by atoms with Crippen LogP contribution in [-0.2, 0) is 0 Å². The maximum Gasteiger partial charge on any atom is 0.119 e. The third-order valence-corrected chi connectivity index (χ3v) is 3.85. The van der Waals surface area contributed by atoms with Gasteiger partial charge in [-0.05, 0) is 61.9 Å². The van der Waals surface area contributed by atoms with Gasteiger partial charge in [-0.25, -0.2) is 0 Å². The van der Waals surface area contributed by atoms with E-state index in [0.717, 1.165) is 10.2 Å². The van der Waals surface area contributed by atoms with Crippen LogP contribution in [0, 0.1) is 6.92 Å². The molecule has 20 heavy (non-hydrogen) atoms. The van der Waals surface area contributed by atoms with Crippen LogP contribution in [0.1, 0.15) is 29.7 Å². The molecule has 2 aromatic carbocycles. The minimum atomic E-state index is 0.193. The Kier molecular flexibility index (Phi) is 5.21. The van der Waals surface area contributed by atoms with E-state index in [2.05, 4.69) is 58.5 Å². The molecule has 106 valence electrons. The fourth-order valence-electron chi connectivity index (χ4n) is 2.39. The zero-order valence-electron chi connectivity index (χ0n) is 12.1. The molecular formula is C17H20BrNO. The monoisotopic (exact) mass is 333 g/mol. The van der Waals surface area contributed by atoms with Crippen molar-refractivity contribution in [2.24, 2.45) is 0 Å². The van der Waals surface area contributed by atoms with Gasteiger partial charge in [-0.15, -0.1) is 0 Å². The number of rotatable bonds is 5. The summed E-state index contributed by atoms with van der Waals surface area (Å²) in [6, 6.07) is 14.9.